The van der Waals surface area contributed by atoms with Crippen molar-refractivity contribution in [3.8, 4) is 11.5 Å². The van der Waals surface area contributed by atoms with Gasteiger partial charge in [-0.05, 0) is 12.1 Å². The van der Waals surface area contributed by atoms with Crippen LogP contribution in [0.15, 0.2) is 34.7 Å². The van der Waals surface area contributed by atoms with Crippen LogP contribution in [0.5, 0.6) is 0 Å². The van der Waals surface area contributed by atoms with Gasteiger partial charge in [0.2, 0.25) is 11.8 Å². The molecule has 3 heteroatoms. The van der Waals surface area contributed by atoms with Gasteiger partial charge in [0.1, 0.15) is 0 Å². The molecule has 0 bridgehead atoms. The Hall–Kier alpha value is -1.64. The third-order valence-electron chi connectivity index (χ3n) is 1.96. The second-order valence-corrected chi connectivity index (χ2v) is 3.47. The predicted molar refractivity (Wildman–Crippen MR) is 65.2 cm³/mol. The molecule has 86 valence electrons. The molecule has 0 aliphatic heterocycles. The van der Waals surface area contributed by atoms with Gasteiger partial charge in [0.25, 0.3) is 0 Å². The van der Waals surface area contributed by atoms with Crippen molar-refractivity contribution in [2.75, 3.05) is 0 Å². The highest BCUT2D eigenvalue weighted by Gasteiger charge is 2.10. The quantitative estimate of drug-likeness (QED) is 0.767. The van der Waals surface area contributed by atoms with E-state index in [1.54, 1.807) is 0 Å². The Balaban J connectivity index is 0.000000606. The zero-order valence-electron chi connectivity index (χ0n) is 10.3. The van der Waals surface area contributed by atoms with Gasteiger partial charge >= 0.3 is 0 Å². The van der Waals surface area contributed by atoms with Crippen molar-refractivity contribution < 1.29 is 4.42 Å². The van der Waals surface area contributed by atoms with Crippen molar-refractivity contribution >= 4 is 0 Å². The van der Waals surface area contributed by atoms with E-state index in [1.165, 1.54) is 0 Å². The fraction of sp³-hybridized carbons (Fsp3) is 0.385. The van der Waals surface area contributed by atoms with Gasteiger partial charge in [0.05, 0.1) is 0 Å². The zero-order valence-corrected chi connectivity index (χ0v) is 10.3. The number of aromatic nitrogens is 2. The van der Waals surface area contributed by atoms with Crippen molar-refractivity contribution in [1.82, 2.24) is 10.2 Å². The van der Waals surface area contributed by atoms with Gasteiger partial charge in [0.15, 0.2) is 0 Å². The van der Waals surface area contributed by atoms with Gasteiger partial charge in [-0.3, -0.25) is 0 Å². The van der Waals surface area contributed by atoms with Crippen LogP contribution in [-0.2, 0) is 0 Å². The van der Waals surface area contributed by atoms with E-state index in [4.69, 9.17) is 4.42 Å². The predicted octanol–water partition coefficient (Wildman–Crippen LogP) is 3.89. The van der Waals surface area contributed by atoms with Crippen molar-refractivity contribution in [1.29, 1.82) is 0 Å². The van der Waals surface area contributed by atoms with Crippen molar-refractivity contribution in [3.05, 3.63) is 36.2 Å². The van der Waals surface area contributed by atoms with E-state index < -0.39 is 0 Å². The molecule has 0 amide bonds. The topological polar surface area (TPSA) is 38.9 Å². The van der Waals surface area contributed by atoms with Crippen molar-refractivity contribution in [2.45, 2.75) is 33.6 Å². The molecule has 16 heavy (non-hydrogen) atoms. The van der Waals surface area contributed by atoms with Gasteiger partial charge in [-0.25, -0.2) is 0 Å². The lowest BCUT2D eigenvalue weighted by atomic mass is 10.2. The number of rotatable bonds is 2. The third kappa shape index (κ3) is 2.92. The first-order chi connectivity index (χ1) is 7.77. The summed E-state index contributed by atoms with van der Waals surface area (Å²) in [5.41, 5.74) is 0.965. The Morgan fingerprint density at radius 2 is 1.62 bits per heavy atom. The molecule has 1 aromatic carbocycles. The summed E-state index contributed by atoms with van der Waals surface area (Å²) in [6, 6.07) is 9.78. The minimum Gasteiger partial charge on any atom is -0.420 e. The average Bonchev–Trinajstić information content (AvgIpc) is 2.82. The van der Waals surface area contributed by atoms with Crippen molar-refractivity contribution in [2.24, 2.45) is 0 Å². The van der Waals surface area contributed by atoms with Crippen LogP contribution in [-0.4, -0.2) is 10.2 Å². The van der Waals surface area contributed by atoms with E-state index in [9.17, 15) is 0 Å². The molecule has 1 aromatic heterocycles. The van der Waals surface area contributed by atoms with Gasteiger partial charge in [-0.2, -0.15) is 0 Å². The molecular weight excluding hydrogens is 200 g/mol. The van der Waals surface area contributed by atoms with Gasteiger partial charge in [-0.15, -0.1) is 10.2 Å². The standard InChI is InChI=1S/C11H12N2O.C2H6/c1-8(2)10-12-13-11(14-10)9-6-4-3-5-7-9;1-2/h3-8H,1-2H3;1-2H3. The molecule has 0 aliphatic carbocycles. The molecule has 0 spiro atoms. The van der Waals surface area contributed by atoms with E-state index in [1.807, 2.05) is 58.0 Å². The number of hydrogen-bond donors (Lipinski definition) is 0. The highest BCUT2D eigenvalue weighted by atomic mass is 16.4. The molecule has 0 N–H and O–H groups in total. The molecule has 0 atom stereocenters. The summed E-state index contributed by atoms with van der Waals surface area (Å²) in [6.45, 7) is 8.06. The molecule has 0 radical (unpaired) electrons. The van der Waals surface area contributed by atoms with Crippen LogP contribution >= 0.6 is 0 Å². The summed E-state index contributed by atoms with van der Waals surface area (Å²) < 4.78 is 5.51. The first-order valence-corrected chi connectivity index (χ1v) is 5.66. The molecule has 0 aliphatic rings. The lowest BCUT2D eigenvalue weighted by molar-refractivity contribution is 0.481. The minimum absolute atomic E-state index is 0.278. The maximum Gasteiger partial charge on any atom is 0.247 e. The average molecular weight is 218 g/mol. The highest BCUT2D eigenvalue weighted by molar-refractivity contribution is 5.51. The molecule has 2 rings (SSSR count). The van der Waals surface area contributed by atoms with Crippen LogP contribution < -0.4 is 0 Å². The molecule has 3 nitrogen and oxygen atoms in total. The van der Waals surface area contributed by atoms with Crippen LogP contribution in [0.1, 0.15) is 39.5 Å². The third-order valence-corrected chi connectivity index (χ3v) is 1.96. The van der Waals surface area contributed by atoms with Gasteiger partial charge in [0, 0.05) is 11.5 Å². The largest absolute Gasteiger partial charge is 0.420 e. The normalized spacial score (nSPS) is 9.81. The van der Waals surface area contributed by atoms with Crippen LogP contribution in [0, 0.1) is 0 Å². The van der Waals surface area contributed by atoms with Crippen LogP contribution in [0.25, 0.3) is 11.5 Å². The first-order valence-electron chi connectivity index (χ1n) is 5.66. The Labute approximate surface area is 96.5 Å². The lowest BCUT2D eigenvalue weighted by Crippen LogP contribution is -1.85. The second-order valence-electron chi connectivity index (χ2n) is 3.47. The molecule has 0 unspecified atom stereocenters. The summed E-state index contributed by atoms with van der Waals surface area (Å²) >= 11 is 0. The molecule has 0 fully saturated rings. The maximum atomic E-state index is 5.51. The Bertz CT molecular complexity index is 407. The first kappa shape index (κ1) is 12.4. The molecular formula is C13H18N2O. The molecule has 1 heterocycles. The maximum absolute atomic E-state index is 5.51. The van der Waals surface area contributed by atoms with E-state index in [0.29, 0.717) is 11.8 Å². The lowest BCUT2D eigenvalue weighted by Gasteiger charge is -1.95. The summed E-state index contributed by atoms with van der Waals surface area (Å²) in [7, 11) is 0. The van der Waals surface area contributed by atoms with E-state index in [0.717, 1.165) is 5.56 Å². The van der Waals surface area contributed by atoms with Crippen molar-refractivity contribution in [3.63, 3.8) is 0 Å². The molecule has 2 aromatic rings. The Kier molecular flexibility index (Phi) is 4.70. The SMILES string of the molecule is CC.CC(C)c1nnc(-c2ccccc2)o1. The second kappa shape index (κ2) is 6.05. The van der Waals surface area contributed by atoms with E-state index in [2.05, 4.69) is 10.2 Å². The summed E-state index contributed by atoms with van der Waals surface area (Å²) in [6.07, 6.45) is 0. The smallest absolute Gasteiger partial charge is 0.247 e. The minimum atomic E-state index is 0.278. The molecule has 0 saturated heterocycles. The highest BCUT2D eigenvalue weighted by Crippen LogP contribution is 2.20. The summed E-state index contributed by atoms with van der Waals surface area (Å²) in [5, 5.41) is 7.97. The fourth-order valence-corrected chi connectivity index (χ4v) is 1.17. The number of nitrogens with zero attached hydrogens (tertiary/aromatic N) is 2. The van der Waals surface area contributed by atoms with E-state index in [-0.39, 0.29) is 5.92 Å². The molecule has 0 saturated carbocycles. The summed E-state index contributed by atoms with van der Waals surface area (Å²) in [4.78, 5) is 0. The monoisotopic (exact) mass is 218 g/mol. The Morgan fingerprint density at radius 3 is 2.12 bits per heavy atom. The number of hydrogen-bond acceptors (Lipinski definition) is 3. The van der Waals surface area contributed by atoms with Crippen LogP contribution in [0.2, 0.25) is 0 Å². The van der Waals surface area contributed by atoms with E-state index >= 15 is 0 Å². The zero-order chi connectivity index (χ0) is 12.0. The Morgan fingerprint density at radius 1 is 1.00 bits per heavy atom. The summed E-state index contributed by atoms with van der Waals surface area (Å²) in [5.74, 6) is 1.55. The fourth-order valence-electron chi connectivity index (χ4n) is 1.17. The van der Waals surface area contributed by atoms with Crippen LogP contribution in [0.4, 0.5) is 0 Å². The number of benzene rings is 1. The van der Waals surface area contributed by atoms with Gasteiger partial charge in [-0.1, -0.05) is 45.9 Å². The van der Waals surface area contributed by atoms with Crippen LogP contribution in [0.3, 0.4) is 0 Å². The van der Waals surface area contributed by atoms with Gasteiger partial charge < -0.3 is 4.42 Å².